The maximum absolute atomic E-state index is 12.7. The van der Waals surface area contributed by atoms with Gasteiger partial charge in [-0.25, -0.2) is 0 Å². The van der Waals surface area contributed by atoms with Gasteiger partial charge in [-0.15, -0.1) is 0 Å². The minimum atomic E-state index is 0.170. The Morgan fingerprint density at radius 2 is 2.10 bits per heavy atom. The number of thioether (sulfide) groups is 1. The monoisotopic (exact) mass is 292 g/mol. The second-order valence-electron chi connectivity index (χ2n) is 5.93. The van der Waals surface area contributed by atoms with Crippen molar-refractivity contribution < 1.29 is 4.79 Å². The molecule has 1 N–H and O–H groups in total. The van der Waals surface area contributed by atoms with Crippen LogP contribution in [0.15, 0.2) is 18.2 Å². The Morgan fingerprint density at radius 1 is 1.35 bits per heavy atom. The average molecular weight is 292 g/mol. The minimum absolute atomic E-state index is 0.170. The summed E-state index contributed by atoms with van der Waals surface area (Å²) in [4.78, 5) is 14.7. The fourth-order valence-electron chi connectivity index (χ4n) is 2.45. The summed E-state index contributed by atoms with van der Waals surface area (Å²) in [6.45, 7) is 8.23. The molecule has 0 radical (unpaired) electrons. The van der Waals surface area contributed by atoms with E-state index < -0.39 is 0 Å². The molecule has 20 heavy (non-hydrogen) atoms. The van der Waals surface area contributed by atoms with Crippen LogP contribution in [0.4, 0.5) is 5.69 Å². The first-order valence-electron chi connectivity index (χ1n) is 7.14. The highest BCUT2D eigenvalue weighted by Gasteiger charge is 2.26. The van der Waals surface area contributed by atoms with E-state index in [-0.39, 0.29) is 10.7 Å². The van der Waals surface area contributed by atoms with Gasteiger partial charge < -0.3 is 10.2 Å². The molecule has 1 saturated heterocycles. The number of hydrogen-bond donors (Lipinski definition) is 1. The van der Waals surface area contributed by atoms with Crippen LogP contribution >= 0.6 is 11.8 Å². The maximum Gasteiger partial charge on any atom is 0.254 e. The van der Waals surface area contributed by atoms with Crippen LogP contribution in [0.3, 0.4) is 0 Å². The van der Waals surface area contributed by atoms with E-state index in [1.165, 1.54) is 0 Å². The van der Waals surface area contributed by atoms with Crippen LogP contribution < -0.4 is 5.32 Å². The van der Waals surface area contributed by atoms with Crippen molar-refractivity contribution in [3.8, 4) is 0 Å². The zero-order chi connectivity index (χ0) is 14.8. The molecule has 1 amide bonds. The van der Waals surface area contributed by atoms with Gasteiger partial charge in [-0.05, 0) is 37.1 Å². The number of anilines is 1. The zero-order valence-electron chi connectivity index (χ0n) is 12.8. The second-order valence-corrected chi connectivity index (χ2v) is 7.73. The van der Waals surface area contributed by atoms with E-state index in [2.05, 4.69) is 19.2 Å². The number of aryl methyl sites for hydroxylation is 1. The molecule has 0 bridgehead atoms. The van der Waals surface area contributed by atoms with E-state index in [1.807, 2.05) is 48.8 Å². The third-order valence-electron chi connectivity index (χ3n) is 3.87. The molecular formula is C16H24N2OS. The molecule has 1 fully saturated rings. The molecule has 0 unspecified atom stereocenters. The van der Waals surface area contributed by atoms with E-state index >= 15 is 0 Å². The van der Waals surface area contributed by atoms with Crippen LogP contribution in [-0.2, 0) is 0 Å². The average Bonchev–Trinajstić information content (AvgIpc) is 2.59. The molecule has 1 aromatic carbocycles. The molecule has 4 heteroatoms. The SMILES string of the molecule is CNc1ccc(C(=O)N2CCSC(C)(C)CC2)c(C)c1. The summed E-state index contributed by atoms with van der Waals surface area (Å²) in [5, 5.41) is 3.11. The van der Waals surface area contributed by atoms with Gasteiger partial charge in [-0.3, -0.25) is 4.79 Å². The van der Waals surface area contributed by atoms with Crippen molar-refractivity contribution in [2.75, 3.05) is 31.2 Å². The summed E-state index contributed by atoms with van der Waals surface area (Å²) in [6.07, 6.45) is 1.05. The van der Waals surface area contributed by atoms with Gasteiger partial charge in [0.25, 0.3) is 5.91 Å². The quantitative estimate of drug-likeness (QED) is 0.907. The highest BCUT2D eigenvalue weighted by Crippen LogP contribution is 2.31. The molecule has 110 valence electrons. The van der Waals surface area contributed by atoms with Crippen LogP contribution in [0.25, 0.3) is 0 Å². The lowest BCUT2D eigenvalue weighted by atomic mass is 10.1. The molecule has 0 saturated carbocycles. The van der Waals surface area contributed by atoms with Gasteiger partial charge in [0.15, 0.2) is 0 Å². The van der Waals surface area contributed by atoms with Gasteiger partial charge >= 0.3 is 0 Å². The lowest BCUT2D eigenvalue weighted by Crippen LogP contribution is -2.34. The smallest absolute Gasteiger partial charge is 0.254 e. The summed E-state index contributed by atoms with van der Waals surface area (Å²) < 4.78 is 0.278. The zero-order valence-corrected chi connectivity index (χ0v) is 13.6. The van der Waals surface area contributed by atoms with Crippen LogP contribution in [0.5, 0.6) is 0 Å². The van der Waals surface area contributed by atoms with Gasteiger partial charge in [0.1, 0.15) is 0 Å². The van der Waals surface area contributed by atoms with Crippen molar-refractivity contribution in [3.05, 3.63) is 29.3 Å². The van der Waals surface area contributed by atoms with E-state index in [0.717, 1.165) is 42.1 Å². The highest BCUT2D eigenvalue weighted by atomic mass is 32.2. The van der Waals surface area contributed by atoms with Gasteiger partial charge in [0.2, 0.25) is 0 Å². The Balaban J connectivity index is 2.15. The van der Waals surface area contributed by atoms with Crippen molar-refractivity contribution in [1.29, 1.82) is 0 Å². The number of amides is 1. The van der Waals surface area contributed by atoms with Crippen LogP contribution in [0, 0.1) is 6.92 Å². The van der Waals surface area contributed by atoms with Crippen molar-refractivity contribution in [2.45, 2.75) is 31.9 Å². The molecule has 1 heterocycles. The van der Waals surface area contributed by atoms with Crippen molar-refractivity contribution in [1.82, 2.24) is 4.90 Å². The maximum atomic E-state index is 12.7. The summed E-state index contributed by atoms with van der Waals surface area (Å²) in [5.41, 5.74) is 2.92. The number of rotatable bonds is 2. The van der Waals surface area contributed by atoms with Gasteiger partial charge in [0, 0.05) is 41.9 Å². The second kappa shape index (κ2) is 6.08. The van der Waals surface area contributed by atoms with E-state index in [9.17, 15) is 4.79 Å². The molecule has 1 aromatic rings. The molecule has 0 atom stereocenters. The fraction of sp³-hybridized carbons (Fsp3) is 0.562. The number of nitrogens with zero attached hydrogens (tertiary/aromatic N) is 1. The van der Waals surface area contributed by atoms with Gasteiger partial charge in [-0.1, -0.05) is 13.8 Å². The predicted octanol–water partition coefficient (Wildman–Crippen LogP) is 3.39. The Kier molecular flexibility index (Phi) is 4.63. The lowest BCUT2D eigenvalue weighted by Gasteiger charge is -2.23. The Hall–Kier alpha value is -1.16. The lowest BCUT2D eigenvalue weighted by molar-refractivity contribution is 0.0764. The number of benzene rings is 1. The van der Waals surface area contributed by atoms with Crippen LogP contribution in [0.1, 0.15) is 36.2 Å². The standard InChI is InChI=1S/C16H24N2OS/c1-12-11-13(17-4)5-6-14(12)15(19)18-8-7-16(2,3)20-10-9-18/h5-6,11,17H,7-10H2,1-4H3. The van der Waals surface area contributed by atoms with Crippen molar-refractivity contribution in [3.63, 3.8) is 0 Å². The molecule has 3 nitrogen and oxygen atoms in total. The first kappa shape index (κ1) is 15.2. The largest absolute Gasteiger partial charge is 0.388 e. The van der Waals surface area contributed by atoms with E-state index in [1.54, 1.807) is 0 Å². The molecule has 1 aliphatic rings. The number of nitrogens with one attached hydrogen (secondary N) is 1. The first-order chi connectivity index (χ1) is 9.43. The van der Waals surface area contributed by atoms with E-state index in [0.29, 0.717) is 0 Å². The summed E-state index contributed by atoms with van der Waals surface area (Å²) in [7, 11) is 1.89. The molecular weight excluding hydrogens is 268 g/mol. The van der Waals surface area contributed by atoms with E-state index in [4.69, 9.17) is 0 Å². The normalized spacial score (nSPS) is 18.5. The molecule has 1 aliphatic heterocycles. The predicted molar refractivity (Wildman–Crippen MR) is 87.8 cm³/mol. The number of carbonyl (C=O) groups is 1. The van der Waals surface area contributed by atoms with Crippen LogP contribution in [0.2, 0.25) is 0 Å². The molecule has 0 aromatic heterocycles. The summed E-state index contributed by atoms with van der Waals surface area (Å²) >= 11 is 1.96. The van der Waals surface area contributed by atoms with Gasteiger partial charge in [-0.2, -0.15) is 11.8 Å². The van der Waals surface area contributed by atoms with Crippen molar-refractivity contribution in [2.24, 2.45) is 0 Å². The Morgan fingerprint density at radius 3 is 2.75 bits per heavy atom. The minimum Gasteiger partial charge on any atom is -0.388 e. The summed E-state index contributed by atoms with van der Waals surface area (Å²) in [6, 6.07) is 5.94. The Bertz CT molecular complexity index is 499. The number of carbonyl (C=O) groups excluding carboxylic acids is 1. The first-order valence-corrected chi connectivity index (χ1v) is 8.13. The fourth-order valence-corrected chi connectivity index (χ4v) is 3.55. The third-order valence-corrected chi connectivity index (χ3v) is 5.24. The molecule has 0 spiro atoms. The topological polar surface area (TPSA) is 32.3 Å². The molecule has 0 aliphatic carbocycles. The third kappa shape index (κ3) is 3.48. The Labute approximate surface area is 126 Å². The summed E-state index contributed by atoms with van der Waals surface area (Å²) in [5.74, 6) is 1.19. The number of hydrogen-bond acceptors (Lipinski definition) is 3. The van der Waals surface area contributed by atoms with Crippen molar-refractivity contribution >= 4 is 23.4 Å². The molecule has 2 rings (SSSR count). The highest BCUT2D eigenvalue weighted by molar-refractivity contribution is 8.00. The van der Waals surface area contributed by atoms with Crippen LogP contribution in [-0.4, -0.2) is 41.4 Å². The van der Waals surface area contributed by atoms with Gasteiger partial charge in [0.05, 0.1) is 0 Å².